The van der Waals surface area contributed by atoms with Crippen LogP contribution in [-0.2, 0) is 11.3 Å². The summed E-state index contributed by atoms with van der Waals surface area (Å²) in [5, 5.41) is 3.71. The van der Waals surface area contributed by atoms with Crippen molar-refractivity contribution in [1.29, 1.82) is 0 Å². The van der Waals surface area contributed by atoms with Gasteiger partial charge in [0.05, 0.1) is 24.8 Å². The van der Waals surface area contributed by atoms with Crippen LogP contribution in [0.3, 0.4) is 0 Å². The molecule has 2 aliphatic heterocycles. The SMILES string of the molecule is CC1CN(c2nc(NC(c3ccccc3)c3ccccc3)c3c(n2)C(=O)N(C(C)C)C3)CC(C)O1. The first-order valence-corrected chi connectivity index (χ1v) is 12.4. The monoisotopic (exact) mass is 471 g/mol. The summed E-state index contributed by atoms with van der Waals surface area (Å²) in [5.41, 5.74) is 3.62. The quantitative estimate of drug-likeness (QED) is 0.564. The molecule has 182 valence electrons. The van der Waals surface area contributed by atoms with E-state index in [1.807, 2.05) is 55.1 Å². The molecule has 1 saturated heterocycles. The largest absolute Gasteiger partial charge is 0.372 e. The molecule has 3 aromatic rings. The van der Waals surface area contributed by atoms with Gasteiger partial charge in [0.1, 0.15) is 11.5 Å². The molecular weight excluding hydrogens is 438 g/mol. The summed E-state index contributed by atoms with van der Waals surface area (Å²) in [5.74, 6) is 1.25. The number of nitrogens with zero attached hydrogens (tertiary/aromatic N) is 4. The second kappa shape index (κ2) is 9.66. The van der Waals surface area contributed by atoms with Crippen LogP contribution in [0.1, 0.15) is 60.9 Å². The van der Waals surface area contributed by atoms with Crippen LogP contribution >= 0.6 is 0 Å². The minimum Gasteiger partial charge on any atom is -0.372 e. The van der Waals surface area contributed by atoms with E-state index in [4.69, 9.17) is 14.7 Å². The smallest absolute Gasteiger partial charge is 0.273 e. The lowest BCUT2D eigenvalue weighted by Crippen LogP contribution is -2.46. The highest BCUT2D eigenvalue weighted by Crippen LogP contribution is 2.34. The van der Waals surface area contributed by atoms with Crippen LogP contribution in [0.25, 0.3) is 0 Å². The highest BCUT2D eigenvalue weighted by atomic mass is 16.5. The molecule has 0 bridgehead atoms. The highest BCUT2D eigenvalue weighted by molar-refractivity contribution is 5.98. The van der Waals surface area contributed by atoms with Crippen LogP contribution in [-0.4, -0.2) is 52.1 Å². The molecule has 1 fully saturated rings. The molecule has 0 spiro atoms. The van der Waals surface area contributed by atoms with Crippen molar-refractivity contribution in [2.24, 2.45) is 0 Å². The molecule has 2 aromatic carbocycles. The fourth-order valence-electron chi connectivity index (χ4n) is 4.98. The van der Waals surface area contributed by atoms with E-state index in [0.29, 0.717) is 37.1 Å². The molecule has 0 radical (unpaired) electrons. The number of aromatic nitrogens is 2. The zero-order chi connectivity index (χ0) is 24.5. The summed E-state index contributed by atoms with van der Waals surface area (Å²) < 4.78 is 5.92. The maximum Gasteiger partial charge on any atom is 0.273 e. The molecule has 2 unspecified atom stereocenters. The zero-order valence-corrected chi connectivity index (χ0v) is 20.8. The number of benzene rings is 2. The van der Waals surface area contributed by atoms with Crippen molar-refractivity contribution in [2.75, 3.05) is 23.3 Å². The molecule has 35 heavy (non-hydrogen) atoms. The van der Waals surface area contributed by atoms with E-state index in [-0.39, 0.29) is 30.2 Å². The van der Waals surface area contributed by atoms with E-state index in [0.717, 1.165) is 16.7 Å². The summed E-state index contributed by atoms with van der Waals surface area (Å²) in [6.45, 7) is 10.1. The molecule has 1 N–H and O–H groups in total. The normalized spacial score (nSPS) is 20.0. The van der Waals surface area contributed by atoms with E-state index >= 15 is 0 Å². The average Bonchev–Trinajstić information content (AvgIpc) is 3.20. The van der Waals surface area contributed by atoms with Crippen LogP contribution in [0.15, 0.2) is 60.7 Å². The van der Waals surface area contributed by atoms with Crippen molar-refractivity contribution in [3.05, 3.63) is 83.0 Å². The lowest BCUT2D eigenvalue weighted by molar-refractivity contribution is -0.00571. The van der Waals surface area contributed by atoms with Gasteiger partial charge in [-0.1, -0.05) is 60.7 Å². The number of anilines is 2. The lowest BCUT2D eigenvalue weighted by Gasteiger charge is -2.35. The molecule has 1 amide bonds. The van der Waals surface area contributed by atoms with Crippen molar-refractivity contribution in [3.63, 3.8) is 0 Å². The Morgan fingerprint density at radius 3 is 2.03 bits per heavy atom. The van der Waals surface area contributed by atoms with E-state index < -0.39 is 0 Å². The van der Waals surface area contributed by atoms with Gasteiger partial charge in [0.15, 0.2) is 0 Å². The Bertz CT molecular complexity index is 1140. The zero-order valence-electron chi connectivity index (χ0n) is 20.8. The summed E-state index contributed by atoms with van der Waals surface area (Å²) in [6, 6.07) is 20.6. The third-order valence-electron chi connectivity index (χ3n) is 6.66. The minimum absolute atomic E-state index is 0.0352. The van der Waals surface area contributed by atoms with Crippen molar-refractivity contribution in [1.82, 2.24) is 14.9 Å². The van der Waals surface area contributed by atoms with Crippen LogP contribution in [0.4, 0.5) is 11.8 Å². The second-order valence-electron chi connectivity index (χ2n) is 9.79. The number of ether oxygens (including phenoxy) is 1. The van der Waals surface area contributed by atoms with Gasteiger partial charge in [-0.3, -0.25) is 4.79 Å². The van der Waals surface area contributed by atoms with Gasteiger partial charge in [0.2, 0.25) is 5.95 Å². The van der Waals surface area contributed by atoms with Crippen LogP contribution in [0, 0.1) is 0 Å². The third kappa shape index (κ3) is 4.73. The van der Waals surface area contributed by atoms with Gasteiger partial charge in [-0.15, -0.1) is 0 Å². The number of rotatable bonds is 6. The first-order chi connectivity index (χ1) is 16.9. The molecule has 1 aromatic heterocycles. The molecular formula is C28H33N5O2. The van der Waals surface area contributed by atoms with E-state index in [9.17, 15) is 4.79 Å². The van der Waals surface area contributed by atoms with Gasteiger partial charge in [0.25, 0.3) is 5.91 Å². The van der Waals surface area contributed by atoms with Gasteiger partial charge >= 0.3 is 0 Å². The Labute approximate surface area is 207 Å². The van der Waals surface area contributed by atoms with Gasteiger partial charge in [-0.05, 0) is 38.8 Å². The maximum atomic E-state index is 13.3. The number of nitrogens with one attached hydrogen (secondary N) is 1. The Morgan fingerprint density at radius 2 is 1.49 bits per heavy atom. The van der Waals surface area contributed by atoms with Crippen molar-refractivity contribution < 1.29 is 9.53 Å². The topological polar surface area (TPSA) is 70.6 Å². The fourth-order valence-corrected chi connectivity index (χ4v) is 4.98. The molecule has 5 rings (SSSR count). The van der Waals surface area contributed by atoms with Crippen molar-refractivity contribution in [3.8, 4) is 0 Å². The predicted molar refractivity (Wildman–Crippen MR) is 138 cm³/mol. The number of hydrogen-bond donors (Lipinski definition) is 1. The molecule has 0 saturated carbocycles. The van der Waals surface area contributed by atoms with Gasteiger partial charge in [0, 0.05) is 24.7 Å². The highest BCUT2D eigenvalue weighted by Gasteiger charge is 2.36. The van der Waals surface area contributed by atoms with Crippen LogP contribution < -0.4 is 10.2 Å². The number of hydrogen-bond acceptors (Lipinski definition) is 6. The van der Waals surface area contributed by atoms with E-state index in [1.54, 1.807) is 0 Å². The number of carbonyl (C=O) groups excluding carboxylic acids is 1. The standard InChI is InChI=1S/C28H33N5O2/c1-18(2)33-17-23-25(27(33)34)30-28(32-15-19(3)35-20(4)16-32)31-26(23)29-24(21-11-7-5-8-12-21)22-13-9-6-10-14-22/h5-14,18-20,24H,15-17H2,1-4H3,(H,29,30,31). The number of carbonyl (C=O) groups is 1. The van der Waals surface area contributed by atoms with E-state index in [1.165, 1.54) is 0 Å². The fraction of sp³-hybridized carbons (Fsp3) is 0.393. The second-order valence-corrected chi connectivity index (χ2v) is 9.79. The molecule has 3 heterocycles. The summed E-state index contributed by atoms with van der Waals surface area (Å²) in [6.07, 6.45) is 0.132. The van der Waals surface area contributed by atoms with E-state index in [2.05, 4.69) is 48.3 Å². The maximum absolute atomic E-state index is 13.3. The Morgan fingerprint density at radius 1 is 0.914 bits per heavy atom. The Kier molecular flexibility index (Phi) is 6.43. The average molecular weight is 472 g/mol. The molecule has 2 atom stereocenters. The first kappa shape index (κ1) is 23.3. The summed E-state index contributed by atoms with van der Waals surface area (Å²) in [4.78, 5) is 27.2. The number of amides is 1. The Balaban J connectivity index is 1.60. The number of fused-ring (bicyclic) bond motifs is 1. The molecule has 7 heteroatoms. The molecule has 0 aliphatic carbocycles. The summed E-state index contributed by atoms with van der Waals surface area (Å²) >= 11 is 0. The van der Waals surface area contributed by atoms with Crippen LogP contribution in [0.5, 0.6) is 0 Å². The van der Waals surface area contributed by atoms with Crippen LogP contribution in [0.2, 0.25) is 0 Å². The lowest BCUT2D eigenvalue weighted by atomic mass is 9.98. The Hall–Kier alpha value is -3.45. The van der Waals surface area contributed by atoms with Gasteiger partial charge in [-0.2, -0.15) is 4.98 Å². The molecule has 2 aliphatic rings. The minimum atomic E-state index is -0.116. The number of morpholine rings is 1. The first-order valence-electron chi connectivity index (χ1n) is 12.4. The summed E-state index contributed by atoms with van der Waals surface area (Å²) in [7, 11) is 0. The van der Waals surface area contributed by atoms with Crippen molar-refractivity contribution >= 4 is 17.7 Å². The third-order valence-corrected chi connectivity index (χ3v) is 6.66. The predicted octanol–water partition coefficient (Wildman–Crippen LogP) is 4.66. The molecule has 7 nitrogen and oxygen atoms in total. The van der Waals surface area contributed by atoms with Gasteiger partial charge < -0.3 is 19.9 Å². The van der Waals surface area contributed by atoms with Crippen molar-refractivity contribution in [2.45, 2.75) is 58.5 Å². The van der Waals surface area contributed by atoms with Gasteiger partial charge in [-0.25, -0.2) is 4.98 Å².